The molecule has 1 amide bonds. The van der Waals surface area contributed by atoms with Crippen LogP contribution in [0, 0.1) is 5.92 Å². The summed E-state index contributed by atoms with van der Waals surface area (Å²) < 4.78 is 7.13. The molecule has 8 nitrogen and oxygen atoms in total. The molecule has 1 fully saturated rings. The highest BCUT2D eigenvalue weighted by molar-refractivity contribution is 5.84. The molecule has 1 saturated carbocycles. The number of aromatic nitrogens is 3. The van der Waals surface area contributed by atoms with Gasteiger partial charge < -0.3 is 15.2 Å². The fourth-order valence-electron chi connectivity index (χ4n) is 4.56. The highest BCUT2D eigenvalue weighted by Crippen LogP contribution is 2.44. The molecule has 0 bridgehead atoms. The number of hydrogen-bond acceptors (Lipinski definition) is 5. The summed E-state index contributed by atoms with van der Waals surface area (Å²) in [5.41, 5.74) is 4.72. The number of ether oxygens (including phenoxy) is 1. The molecule has 31 heavy (non-hydrogen) atoms. The lowest BCUT2D eigenvalue weighted by Crippen LogP contribution is -2.45. The van der Waals surface area contributed by atoms with E-state index in [0.717, 1.165) is 12.8 Å². The minimum atomic E-state index is -1.09. The Kier molecular flexibility index (Phi) is 4.89. The van der Waals surface area contributed by atoms with E-state index in [4.69, 9.17) is 9.84 Å². The molecular formula is C23H22N4O4. The van der Waals surface area contributed by atoms with Crippen molar-refractivity contribution in [3.63, 3.8) is 0 Å². The SMILES string of the molecule is O=C(NC1CC(Cn2cc(C(=O)O)nn2)C1)OCC1c2ccccc2-c2ccccc21. The molecule has 0 unspecified atom stereocenters. The fraction of sp³-hybridized carbons (Fsp3) is 0.304. The second kappa shape index (κ2) is 7.86. The number of nitrogens with zero attached hydrogens (tertiary/aromatic N) is 3. The Bertz CT molecular complexity index is 1090. The van der Waals surface area contributed by atoms with Crippen LogP contribution >= 0.6 is 0 Å². The number of aromatic carboxylic acids is 1. The van der Waals surface area contributed by atoms with Gasteiger partial charge in [0.25, 0.3) is 0 Å². The molecule has 1 aromatic heterocycles. The van der Waals surface area contributed by atoms with Gasteiger partial charge in [0.15, 0.2) is 5.69 Å². The molecular weight excluding hydrogens is 396 g/mol. The van der Waals surface area contributed by atoms with E-state index in [1.165, 1.54) is 33.1 Å². The number of carboxylic acid groups (broad SMARTS) is 1. The number of rotatable bonds is 6. The van der Waals surface area contributed by atoms with Crippen LogP contribution in [-0.4, -0.2) is 44.8 Å². The lowest BCUT2D eigenvalue weighted by atomic mass is 9.80. The van der Waals surface area contributed by atoms with E-state index in [9.17, 15) is 9.59 Å². The highest BCUT2D eigenvalue weighted by atomic mass is 16.5. The number of alkyl carbamates (subject to hydrolysis) is 1. The second-order valence-electron chi connectivity index (χ2n) is 8.14. The van der Waals surface area contributed by atoms with Crippen LogP contribution in [0.25, 0.3) is 11.1 Å². The number of nitrogens with one attached hydrogen (secondary N) is 1. The molecule has 0 spiro atoms. The van der Waals surface area contributed by atoms with Crippen LogP contribution in [0.4, 0.5) is 4.79 Å². The predicted octanol–water partition coefficient (Wildman–Crippen LogP) is 3.29. The van der Waals surface area contributed by atoms with Crippen LogP contribution < -0.4 is 5.32 Å². The molecule has 2 aliphatic carbocycles. The third-order valence-electron chi connectivity index (χ3n) is 6.10. The Hall–Kier alpha value is -3.68. The van der Waals surface area contributed by atoms with Gasteiger partial charge in [-0.2, -0.15) is 0 Å². The number of fused-ring (bicyclic) bond motifs is 3. The first-order valence-corrected chi connectivity index (χ1v) is 10.3. The van der Waals surface area contributed by atoms with E-state index in [0.29, 0.717) is 19.1 Å². The largest absolute Gasteiger partial charge is 0.476 e. The fourth-order valence-corrected chi connectivity index (χ4v) is 4.56. The predicted molar refractivity (Wildman–Crippen MR) is 112 cm³/mol. The van der Waals surface area contributed by atoms with Crippen LogP contribution in [0.15, 0.2) is 54.7 Å². The Morgan fingerprint density at radius 2 is 1.71 bits per heavy atom. The quantitative estimate of drug-likeness (QED) is 0.636. The van der Waals surface area contributed by atoms with Crippen LogP contribution in [0.5, 0.6) is 0 Å². The van der Waals surface area contributed by atoms with Gasteiger partial charge in [0.2, 0.25) is 0 Å². The standard InChI is InChI=1S/C23H22N4O4/c28-22(29)21-12-27(26-25-21)11-14-9-15(10-14)24-23(30)31-13-20-18-7-3-1-5-16(18)17-6-2-4-8-19(17)20/h1-8,12,14-15,20H,9-11,13H2,(H,24,30)(H,28,29). The van der Waals surface area contributed by atoms with Crippen molar-refractivity contribution in [2.45, 2.75) is 31.3 Å². The minimum absolute atomic E-state index is 0.0445. The zero-order valence-electron chi connectivity index (χ0n) is 16.8. The lowest BCUT2D eigenvalue weighted by molar-refractivity contribution is 0.0690. The smallest absolute Gasteiger partial charge is 0.407 e. The second-order valence-corrected chi connectivity index (χ2v) is 8.14. The number of carboxylic acids is 1. The molecule has 8 heteroatoms. The molecule has 0 aliphatic heterocycles. The minimum Gasteiger partial charge on any atom is -0.476 e. The summed E-state index contributed by atoms with van der Waals surface area (Å²) >= 11 is 0. The van der Waals surface area contributed by atoms with Crippen molar-refractivity contribution in [3.05, 3.63) is 71.5 Å². The average molecular weight is 418 g/mol. The van der Waals surface area contributed by atoms with Gasteiger partial charge in [-0.05, 0) is 41.0 Å². The molecule has 3 aromatic rings. The summed E-state index contributed by atoms with van der Waals surface area (Å²) in [6.45, 7) is 0.885. The van der Waals surface area contributed by atoms with Crippen LogP contribution in [0.3, 0.4) is 0 Å². The summed E-state index contributed by atoms with van der Waals surface area (Å²) in [5.74, 6) is -0.722. The van der Waals surface area contributed by atoms with E-state index in [2.05, 4.69) is 39.9 Å². The van der Waals surface area contributed by atoms with Crippen LogP contribution in [-0.2, 0) is 11.3 Å². The van der Waals surface area contributed by atoms with Gasteiger partial charge in [-0.1, -0.05) is 53.7 Å². The maximum Gasteiger partial charge on any atom is 0.407 e. The van der Waals surface area contributed by atoms with Crippen molar-refractivity contribution in [2.24, 2.45) is 5.92 Å². The van der Waals surface area contributed by atoms with Crippen molar-refractivity contribution >= 4 is 12.1 Å². The van der Waals surface area contributed by atoms with Gasteiger partial charge in [0.05, 0.1) is 6.20 Å². The molecule has 0 saturated heterocycles. The lowest BCUT2D eigenvalue weighted by Gasteiger charge is -2.35. The van der Waals surface area contributed by atoms with Crippen molar-refractivity contribution in [3.8, 4) is 11.1 Å². The molecule has 158 valence electrons. The normalized spacial score (nSPS) is 19.2. The van der Waals surface area contributed by atoms with Crippen molar-refractivity contribution in [1.29, 1.82) is 0 Å². The van der Waals surface area contributed by atoms with Gasteiger partial charge in [-0.3, -0.25) is 4.68 Å². The summed E-state index contributed by atoms with van der Waals surface area (Å²) in [6.07, 6.45) is 2.62. The van der Waals surface area contributed by atoms with Gasteiger partial charge in [0.1, 0.15) is 6.61 Å². The van der Waals surface area contributed by atoms with Crippen LogP contribution in [0.1, 0.15) is 40.4 Å². The number of carbonyl (C=O) groups is 2. The van der Waals surface area contributed by atoms with Crippen molar-refractivity contribution in [2.75, 3.05) is 6.61 Å². The maximum absolute atomic E-state index is 12.3. The van der Waals surface area contributed by atoms with Gasteiger partial charge in [-0.15, -0.1) is 5.10 Å². The molecule has 2 N–H and O–H groups in total. The molecule has 2 aliphatic rings. The van der Waals surface area contributed by atoms with E-state index < -0.39 is 12.1 Å². The molecule has 1 heterocycles. The van der Waals surface area contributed by atoms with E-state index >= 15 is 0 Å². The van der Waals surface area contributed by atoms with Gasteiger partial charge in [-0.25, -0.2) is 9.59 Å². The first-order valence-electron chi connectivity index (χ1n) is 10.3. The van der Waals surface area contributed by atoms with Gasteiger partial charge in [0, 0.05) is 18.5 Å². The third kappa shape index (κ3) is 3.76. The number of amides is 1. The van der Waals surface area contributed by atoms with Gasteiger partial charge >= 0.3 is 12.1 Å². The summed E-state index contributed by atoms with van der Waals surface area (Å²) in [5, 5.41) is 19.3. The Balaban J connectivity index is 1.12. The van der Waals surface area contributed by atoms with E-state index in [1.54, 1.807) is 0 Å². The Morgan fingerprint density at radius 1 is 1.06 bits per heavy atom. The van der Waals surface area contributed by atoms with Crippen LogP contribution in [0.2, 0.25) is 0 Å². The number of carbonyl (C=O) groups excluding carboxylic acids is 1. The summed E-state index contributed by atoms with van der Waals surface area (Å²) in [4.78, 5) is 23.2. The molecule has 0 radical (unpaired) electrons. The van der Waals surface area contributed by atoms with Crippen molar-refractivity contribution in [1.82, 2.24) is 20.3 Å². The number of benzene rings is 2. The van der Waals surface area contributed by atoms with E-state index in [1.807, 2.05) is 24.3 Å². The first kappa shape index (κ1) is 19.3. The summed E-state index contributed by atoms with van der Waals surface area (Å²) in [7, 11) is 0. The average Bonchev–Trinajstić information content (AvgIpc) is 3.34. The monoisotopic (exact) mass is 418 g/mol. The molecule has 5 rings (SSSR count). The molecule has 0 atom stereocenters. The summed E-state index contributed by atoms with van der Waals surface area (Å²) in [6, 6.07) is 16.6. The zero-order chi connectivity index (χ0) is 21.4. The Morgan fingerprint density at radius 3 is 2.32 bits per heavy atom. The maximum atomic E-state index is 12.3. The van der Waals surface area contributed by atoms with E-state index in [-0.39, 0.29) is 17.7 Å². The Labute approximate surface area is 178 Å². The highest BCUT2D eigenvalue weighted by Gasteiger charge is 2.33. The number of hydrogen-bond donors (Lipinski definition) is 2. The molecule has 2 aromatic carbocycles. The third-order valence-corrected chi connectivity index (χ3v) is 6.10. The first-order chi connectivity index (χ1) is 15.1. The van der Waals surface area contributed by atoms with Crippen molar-refractivity contribution < 1.29 is 19.4 Å². The zero-order valence-corrected chi connectivity index (χ0v) is 16.8. The topological polar surface area (TPSA) is 106 Å².